The fourth-order valence-corrected chi connectivity index (χ4v) is 2.29. The number of carbonyl (C=O) groups excluding carboxylic acids is 1. The second kappa shape index (κ2) is 7.62. The molecule has 0 aliphatic heterocycles. The summed E-state index contributed by atoms with van der Waals surface area (Å²) >= 11 is 0. The number of carbonyl (C=O) groups is 1. The van der Waals surface area contributed by atoms with Crippen molar-refractivity contribution in [1.82, 2.24) is 10.6 Å². The van der Waals surface area contributed by atoms with Crippen molar-refractivity contribution in [3.05, 3.63) is 24.3 Å². The van der Waals surface area contributed by atoms with Crippen LogP contribution in [0.3, 0.4) is 0 Å². The van der Waals surface area contributed by atoms with Gasteiger partial charge in [-0.3, -0.25) is 0 Å². The van der Waals surface area contributed by atoms with Gasteiger partial charge in [0.05, 0.1) is 6.61 Å². The Bertz CT molecular complexity index is 414. The Morgan fingerprint density at radius 1 is 1.15 bits per heavy atom. The molecule has 0 radical (unpaired) electrons. The lowest BCUT2D eigenvalue weighted by Gasteiger charge is -2.13. The van der Waals surface area contributed by atoms with E-state index in [0.717, 1.165) is 18.6 Å². The van der Waals surface area contributed by atoms with Crippen molar-refractivity contribution in [2.75, 3.05) is 13.3 Å². The minimum atomic E-state index is -0.164. The molecule has 20 heavy (non-hydrogen) atoms. The lowest BCUT2D eigenvalue weighted by atomic mass is 10.3. The van der Waals surface area contributed by atoms with Crippen LogP contribution >= 0.6 is 0 Å². The maximum atomic E-state index is 11.6. The molecule has 5 nitrogen and oxygen atoms in total. The molecule has 110 valence electrons. The number of urea groups is 1. The summed E-state index contributed by atoms with van der Waals surface area (Å²) < 4.78 is 10.8. The summed E-state index contributed by atoms with van der Waals surface area (Å²) in [5.74, 6) is 1.52. The Hall–Kier alpha value is -1.91. The minimum Gasteiger partial charge on any atom is -0.494 e. The van der Waals surface area contributed by atoms with Gasteiger partial charge in [0.1, 0.15) is 11.5 Å². The smallest absolute Gasteiger partial charge is 0.317 e. The van der Waals surface area contributed by atoms with Crippen molar-refractivity contribution in [3.8, 4) is 11.5 Å². The van der Waals surface area contributed by atoms with Gasteiger partial charge in [-0.05, 0) is 44.0 Å². The summed E-state index contributed by atoms with van der Waals surface area (Å²) in [4.78, 5) is 11.6. The molecule has 0 saturated heterocycles. The third kappa shape index (κ3) is 4.64. The Kier molecular flexibility index (Phi) is 5.53. The van der Waals surface area contributed by atoms with Gasteiger partial charge in [0.25, 0.3) is 0 Å². The lowest BCUT2D eigenvalue weighted by molar-refractivity contribution is 0.220. The summed E-state index contributed by atoms with van der Waals surface area (Å²) in [6.07, 6.45) is 4.56. The van der Waals surface area contributed by atoms with E-state index >= 15 is 0 Å². The molecule has 0 atom stereocenters. The molecule has 1 aromatic rings. The largest absolute Gasteiger partial charge is 0.494 e. The van der Waals surface area contributed by atoms with Crippen LogP contribution in [0, 0.1) is 0 Å². The van der Waals surface area contributed by atoms with Gasteiger partial charge >= 0.3 is 6.03 Å². The first-order valence-corrected chi connectivity index (χ1v) is 7.18. The third-order valence-electron chi connectivity index (χ3n) is 3.30. The second-order valence-electron chi connectivity index (χ2n) is 4.82. The Morgan fingerprint density at radius 3 is 2.35 bits per heavy atom. The van der Waals surface area contributed by atoms with E-state index in [1.165, 1.54) is 12.8 Å². The number of amides is 2. The van der Waals surface area contributed by atoms with Crippen LogP contribution in [0.4, 0.5) is 4.79 Å². The van der Waals surface area contributed by atoms with Crippen molar-refractivity contribution >= 4 is 6.03 Å². The number of rotatable bonds is 6. The topological polar surface area (TPSA) is 59.6 Å². The number of benzene rings is 1. The zero-order chi connectivity index (χ0) is 14.2. The van der Waals surface area contributed by atoms with E-state index in [1.807, 2.05) is 31.2 Å². The average molecular weight is 278 g/mol. The molecule has 2 amide bonds. The quantitative estimate of drug-likeness (QED) is 0.786. The van der Waals surface area contributed by atoms with Crippen LogP contribution in [0.25, 0.3) is 0 Å². The van der Waals surface area contributed by atoms with Crippen LogP contribution in [0.5, 0.6) is 11.5 Å². The molecule has 5 heteroatoms. The van der Waals surface area contributed by atoms with Gasteiger partial charge in [-0.2, -0.15) is 0 Å². The molecule has 1 aliphatic carbocycles. The van der Waals surface area contributed by atoms with Crippen LogP contribution in [-0.2, 0) is 0 Å². The van der Waals surface area contributed by atoms with E-state index in [2.05, 4.69) is 10.6 Å². The minimum absolute atomic E-state index is 0.159. The first-order chi connectivity index (χ1) is 9.78. The van der Waals surface area contributed by atoms with Crippen LogP contribution in [0.1, 0.15) is 32.6 Å². The van der Waals surface area contributed by atoms with Gasteiger partial charge in [0.2, 0.25) is 0 Å². The summed E-state index contributed by atoms with van der Waals surface area (Å²) in [5.41, 5.74) is 0. The zero-order valence-electron chi connectivity index (χ0n) is 11.9. The first kappa shape index (κ1) is 14.5. The Balaban J connectivity index is 1.65. The van der Waals surface area contributed by atoms with Crippen molar-refractivity contribution in [3.63, 3.8) is 0 Å². The molecule has 1 fully saturated rings. The molecule has 0 unspecified atom stereocenters. The molecule has 0 heterocycles. The maximum Gasteiger partial charge on any atom is 0.317 e. The van der Waals surface area contributed by atoms with E-state index in [9.17, 15) is 4.79 Å². The summed E-state index contributed by atoms with van der Waals surface area (Å²) in [7, 11) is 0. The number of hydrogen-bond donors (Lipinski definition) is 2. The highest BCUT2D eigenvalue weighted by molar-refractivity contribution is 5.74. The fourth-order valence-electron chi connectivity index (χ4n) is 2.29. The highest BCUT2D eigenvalue weighted by Gasteiger charge is 2.16. The molecule has 1 aliphatic rings. The molecule has 2 rings (SSSR count). The van der Waals surface area contributed by atoms with Crippen molar-refractivity contribution in [1.29, 1.82) is 0 Å². The van der Waals surface area contributed by atoms with Crippen LogP contribution in [0.15, 0.2) is 24.3 Å². The molecular weight excluding hydrogens is 256 g/mol. The summed E-state index contributed by atoms with van der Waals surface area (Å²) in [5, 5.41) is 5.64. The summed E-state index contributed by atoms with van der Waals surface area (Å²) in [6, 6.07) is 7.49. The normalized spacial score (nSPS) is 14.8. The SMILES string of the molecule is CCOc1ccc(OCNC(=O)NC2CCCC2)cc1. The maximum absolute atomic E-state index is 11.6. The van der Waals surface area contributed by atoms with Gasteiger partial charge in [0.15, 0.2) is 6.73 Å². The standard InChI is InChI=1S/C15H22N2O3/c1-2-19-13-7-9-14(10-8-13)20-11-16-15(18)17-12-5-3-4-6-12/h7-10,12H,2-6,11H2,1H3,(H2,16,17,18). The Morgan fingerprint density at radius 2 is 1.75 bits per heavy atom. The number of ether oxygens (including phenoxy) is 2. The summed E-state index contributed by atoms with van der Waals surface area (Å²) in [6.45, 7) is 2.74. The highest BCUT2D eigenvalue weighted by Crippen LogP contribution is 2.18. The van der Waals surface area contributed by atoms with Crippen LogP contribution in [-0.4, -0.2) is 25.4 Å². The van der Waals surface area contributed by atoms with Crippen molar-refractivity contribution in [2.24, 2.45) is 0 Å². The van der Waals surface area contributed by atoms with E-state index in [1.54, 1.807) is 0 Å². The highest BCUT2D eigenvalue weighted by atomic mass is 16.5. The number of nitrogens with one attached hydrogen (secondary N) is 2. The molecule has 0 spiro atoms. The molecule has 0 bridgehead atoms. The first-order valence-electron chi connectivity index (χ1n) is 7.18. The third-order valence-corrected chi connectivity index (χ3v) is 3.30. The van der Waals surface area contributed by atoms with Crippen molar-refractivity contribution < 1.29 is 14.3 Å². The monoisotopic (exact) mass is 278 g/mol. The van der Waals surface area contributed by atoms with Gasteiger partial charge < -0.3 is 20.1 Å². The second-order valence-corrected chi connectivity index (χ2v) is 4.82. The lowest BCUT2D eigenvalue weighted by Crippen LogP contribution is -2.42. The van der Waals surface area contributed by atoms with Gasteiger partial charge in [-0.1, -0.05) is 12.8 Å². The van der Waals surface area contributed by atoms with Crippen LogP contribution in [0.2, 0.25) is 0 Å². The fraction of sp³-hybridized carbons (Fsp3) is 0.533. The van der Waals surface area contributed by atoms with Gasteiger partial charge in [-0.15, -0.1) is 0 Å². The van der Waals surface area contributed by atoms with E-state index < -0.39 is 0 Å². The molecule has 1 aromatic carbocycles. The number of hydrogen-bond acceptors (Lipinski definition) is 3. The predicted molar refractivity (Wildman–Crippen MR) is 77.0 cm³/mol. The average Bonchev–Trinajstić information content (AvgIpc) is 2.94. The van der Waals surface area contributed by atoms with Crippen molar-refractivity contribution in [2.45, 2.75) is 38.6 Å². The molecule has 0 aromatic heterocycles. The molecule has 1 saturated carbocycles. The van der Waals surface area contributed by atoms with E-state index in [4.69, 9.17) is 9.47 Å². The van der Waals surface area contributed by atoms with Gasteiger partial charge in [0, 0.05) is 6.04 Å². The van der Waals surface area contributed by atoms with E-state index in [0.29, 0.717) is 18.4 Å². The predicted octanol–water partition coefficient (Wildman–Crippen LogP) is 2.66. The zero-order valence-corrected chi connectivity index (χ0v) is 11.9. The van der Waals surface area contributed by atoms with Gasteiger partial charge in [-0.25, -0.2) is 4.79 Å². The Labute approximate surface area is 119 Å². The molecular formula is C15H22N2O3. The van der Waals surface area contributed by atoms with Crippen LogP contribution < -0.4 is 20.1 Å². The molecule has 2 N–H and O–H groups in total. The van der Waals surface area contributed by atoms with E-state index in [-0.39, 0.29) is 12.8 Å².